The molecule has 6 heteroatoms. The summed E-state index contributed by atoms with van der Waals surface area (Å²) < 4.78 is 4.62. The van der Waals surface area contributed by atoms with Gasteiger partial charge >= 0.3 is 12.1 Å². The predicted octanol–water partition coefficient (Wildman–Crippen LogP) is 1.62. The number of amides is 1. The van der Waals surface area contributed by atoms with Crippen LogP contribution in [0.3, 0.4) is 0 Å². The lowest BCUT2D eigenvalue weighted by atomic mass is 10.2. The second kappa shape index (κ2) is 5.61. The van der Waals surface area contributed by atoms with Crippen molar-refractivity contribution in [2.75, 3.05) is 11.9 Å². The predicted molar refractivity (Wildman–Crippen MR) is 63.1 cm³/mol. The number of hydrogen-bond donors (Lipinski definition) is 2. The highest BCUT2D eigenvalue weighted by Gasteiger charge is 2.32. The topological polar surface area (TPSA) is 78.9 Å². The fraction of sp³-hybridized carbons (Fsp3) is 0.333. The van der Waals surface area contributed by atoms with Crippen LogP contribution in [0, 0.1) is 0 Å². The summed E-state index contributed by atoms with van der Waals surface area (Å²) >= 11 is 0. The Balaban J connectivity index is 1.86. The van der Waals surface area contributed by atoms with Crippen LogP contribution >= 0.6 is 0 Å². The van der Waals surface area contributed by atoms with Crippen LogP contribution in [0.4, 0.5) is 10.5 Å². The lowest BCUT2D eigenvalue weighted by Crippen LogP contribution is -2.36. The summed E-state index contributed by atoms with van der Waals surface area (Å²) in [4.78, 5) is 23.0. The molecule has 1 unspecified atom stereocenters. The number of rotatable bonds is 2. The molecule has 1 atom stereocenters. The van der Waals surface area contributed by atoms with Crippen LogP contribution in [0.5, 0.6) is 0 Å². The third kappa shape index (κ3) is 3.06. The quantitative estimate of drug-likeness (QED) is 0.616. The maximum absolute atomic E-state index is 11.6. The van der Waals surface area contributed by atoms with Gasteiger partial charge < -0.3 is 9.94 Å². The van der Waals surface area contributed by atoms with Crippen molar-refractivity contribution in [2.24, 2.45) is 0 Å². The highest BCUT2D eigenvalue weighted by molar-refractivity contribution is 5.94. The van der Waals surface area contributed by atoms with E-state index in [2.05, 4.69) is 10.1 Å². The van der Waals surface area contributed by atoms with E-state index in [0.717, 1.165) is 5.06 Å². The number of nitrogens with one attached hydrogen (secondary N) is 1. The second-order valence-electron chi connectivity index (χ2n) is 4.02. The molecule has 1 amide bonds. The lowest BCUT2D eigenvalue weighted by molar-refractivity contribution is -0.160. The molecule has 0 radical (unpaired) electrons. The fourth-order valence-corrected chi connectivity index (χ4v) is 1.82. The van der Waals surface area contributed by atoms with Crippen molar-refractivity contribution in [3.63, 3.8) is 0 Å². The van der Waals surface area contributed by atoms with Gasteiger partial charge in [-0.15, -0.1) is 0 Å². The summed E-state index contributed by atoms with van der Waals surface area (Å²) in [5, 5.41) is 12.7. The molecule has 1 heterocycles. The normalized spacial score (nSPS) is 19.5. The minimum atomic E-state index is -0.841. The van der Waals surface area contributed by atoms with Gasteiger partial charge in [-0.2, -0.15) is 5.06 Å². The number of benzene rings is 1. The van der Waals surface area contributed by atoms with Crippen LogP contribution in [-0.4, -0.2) is 34.9 Å². The number of carbonyl (C=O) groups excluding carboxylic acids is 2. The van der Waals surface area contributed by atoms with Gasteiger partial charge in [0.2, 0.25) is 0 Å². The van der Waals surface area contributed by atoms with E-state index >= 15 is 0 Å². The molecule has 0 aliphatic carbocycles. The van der Waals surface area contributed by atoms with E-state index in [-0.39, 0.29) is 0 Å². The van der Waals surface area contributed by atoms with Crippen LogP contribution < -0.4 is 5.32 Å². The standard InChI is InChI=1S/C12H14N2O4/c15-11(10-7-4-8-14(10)17)18-12(16)13-9-5-2-1-3-6-9/h1-3,5-6,10,17H,4,7-8H2,(H,13,16). The molecule has 1 saturated heterocycles. The van der Waals surface area contributed by atoms with E-state index in [1.54, 1.807) is 24.3 Å². The molecule has 1 fully saturated rings. The highest BCUT2D eigenvalue weighted by Crippen LogP contribution is 2.16. The van der Waals surface area contributed by atoms with Crippen LogP contribution in [0.2, 0.25) is 0 Å². The number of esters is 1. The Kier molecular flexibility index (Phi) is 3.91. The summed E-state index contributed by atoms with van der Waals surface area (Å²) in [6.45, 7) is 0.417. The molecule has 1 aromatic carbocycles. The molecular weight excluding hydrogens is 236 g/mol. The smallest absolute Gasteiger partial charge is 0.375 e. The fourth-order valence-electron chi connectivity index (χ4n) is 1.82. The molecule has 6 nitrogen and oxygen atoms in total. The van der Waals surface area contributed by atoms with Crippen molar-refractivity contribution in [3.8, 4) is 0 Å². The van der Waals surface area contributed by atoms with Gasteiger partial charge in [0.05, 0.1) is 0 Å². The van der Waals surface area contributed by atoms with E-state index in [9.17, 15) is 14.8 Å². The molecule has 18 heavy (non-hydrogen) atoms. The van der Waals surface area contributed by atoms with Gasteiger partial charge in [0, 0.05) is 12.2 Å². The first kappa shape index (κ1) is 12.5. The monoisotopic (exact) mass is 250 g/mol. The summed E-state index contributed by atoms with van der Waals surface area (Å²) in [6.07, 6.45) is 0.358. The van der Waals surface area contributed by atoms with Gasteiger partial charge in [-0.1, -0.05) is 18.2 Å². The molecule has 2 rings (SSSR count). The number of anilines is 1. The zero-order valence-corrected chi connectivity index (χ0v) is 9.70. The molecule has 1 aliphatic heterocycles. The maximum atomic E-state index is 11.6. The van der Waals surface area contributed by atoms with E-state index in [4.69, 9.17) is 0 Å². The number of para-hydroxylation sites is 1. The van der Waals surface area contributed by atoms with E-state index in [1.165, 1.54) is 0 Å². The Morgan fingerprint density at radius 2 is 2.06 bits per heavy atom. The van der Waals surface area contributed by atoms with Crippen LogP contribution in [0.1, 0.15) is 12.8 Å². The molecule has 0 bridgehead atoms. The minimum Gasteiger partial charge on any atom is -0.375 e. The number of carbonyl (C=O) groups is 2. The average Bonchev–Trinajstić information content (AvgIpc) is 2.76. The first-order chi connectivity index (χ1) is 8.66. The third-order valence-electron chi connectivity index (χ3n) is 2.71. The first-order valence-electron chi connectivity index (χ1n) is 5.70. The summed E-state index contributed by atoms with van der Waals surface area (Å²) in [7, 11) is 0. The Morgan fingerprint density at radius 3 is 2.67 bits per heavy atom. The average molecular weight is 250 g/mol. The molecule has 1 aliphatic rings. The van der Waals surface area contributed by atoms with Gasteiger partial charge in [-0.3, -0.25) is 5.32 Å². The molecule has 0 saturated carbocycles. The molecule has 96 valence electrons. The van der Waals surface area contributed by atoms with Crippen LogP contribution in [0.15, 0.2) is 30.3 Å². The summed E-state index contributed by atoms with van der Waals surface area (Å²) in [5.74, 6) is -0.733. The second-order valence-corrected chi connectivity index (χ2v) is 4.02. The van der Waals surface area contributed by atoms with Gasteiger partial charge in [-0.25, -0.2) is 9.59 Å². The van der Waals surface area contributed by atoms with Gasteiger partial charge in [0.1, 0.15) is 6.04 Å². The van der Waals surface area contributed by atoms with Crippen molar-refractivity contribution in [3.05, 3.63) is 30.3 Å². The SMILES string of the molecule is O=C(Nc1ccccc1)OC(=O)C1CCCN1O. The van der Waals surface area contributed by atoms with Gasteiger partial charge in [0.15, 0.2) is 0 Å². The van der Waals surface area contributed by atoms with Gasteiger partial charge in [0.25, 0.3) is 0 Å². The number of nitrogens with zero attached hydrogens (tertiary/aromatic N) is 1. The Bertz CT molecular complexity index is 435. The van der Waals surface area contributed by atoms with Crippen molar-refractivity contribution in [2.45, 2.75) is 18.9 Å². The van der Waals surface area contributed by atoms with Crippen molar-refractivity contribution in [1.82, 2.24) is 5.06 Å². The van der Waals surface area contributed by atoms with E-state index < -0.39 is 18.1 Å². The number of hydroxylamine groups is 2. The highest BCUT2D eigenvalue weighted by atomic mass is 16.6. The molecule has 2 N–H and O–H groups in total. The van der Waals surface area contributed by atoms with Gasteiger partial charge in [-0.05, 0) is 25.0 Å². The Morgan fingerprint density at radius 1 is 1.33 bits per heavy atom. The zero-order valence-electron chi connectivity index (χ0n) is 9.70. The molecule has 1 aromatic rings. The van der Waals surface area contributed by atoms with Crippen molar-refractivity contribution >= 4 is 17.7 Å². The first-order valence-corrected chi connectivity index (χ1v) is 5.70. The number of ether oxygens (including phenoxy) is 1. The Labute approximate surface area is 104 Å². The largest absolute Gasteiger partial charge is 0.419 e. The third-order valence-corrected chi connectivity index (χ3v) is 2.71. The minimum absolute atomic E-state index is 0.417. The van der Waals surface area contributed by atoms with Crippen LogP contribution in [-0.2, 0) is 9.53 Å². The Hall–Kier alpha value is -1.92. The summed E-state index contributed by atoms with van der Waals surface area (Å²) in [5.41, 5.74) is 0.544. The van der Waals surface area contributed by atoms with E-state index in [0.29, 0.717) is 25.1 Å². The molecule has 0 spiro atoms. The number of hydrogen-bond acceptors (Lipinski definition) is 5. The molecular formula is C12H14N2O4. The lowest BCUT2D eigenvalue weighted by Gasteiger charge is -2.15. The van der Waals surface area contributed by atoms with Crippen molar-refractivity contribution in [1.29, 1.82) is 0 Å². The van der Waals surface area contributed by atoms with Crippen LogP contribution in [0.25, 0.3) is 0 Å². The summed E-state index contributed by atoms with van der Waals surface area (Å²) in [6, 6.07) is 7.93. The molecule has 0 aromatic heterocycles. The maximum Gasteiger partial charge on any atom is 0.419 e. The van der Waals surface area contributed by atoms with Crippen molar-refractivity contribution < 1.29 is 19.5 Å². The zero-order chi connectivity index (χ0) is 13.0. The van der Waals surface area contributed by atoms with E-state index in [1.807, 2.05) is 6.07 Å².